The van der Waals surface area contributed by atoms with Crippen molar-refractivity contribution >= 4 is 28.6 Å². The fourth-order valence-electron chi connectivity index (χ4n) is 3.79. The van der Waals surface area contributed by atoms with Crippen LogP contribution in [0.3, 0.4) is 0 Å². The molecule has 1 aliphatic rings. The van der Waals surface area contributed by atoms with Gasteiger partial charge in [-0.2, -0.15) is 0 Å². The Balaban J connectivity index is 1.21. The number of carbonyl (C=O) groups excluding carboxylic acids is 1. The van der Waals surface area contributed by atoms with Crippen LogP contribution in [0.15, 0.2) is 59.9 Å². The van der Waals surface area contributed by atoms with Gasteiger partial charge in [0, 0.05) is 34.5 Å². The molecule has 2 N–H and O–H groups in total. The molecule has 0 unspecified atom stereocenters. The summed E-state index contributed by atoms with van der Waals surface area (Å²) in [5.74, 6) is 1.51. The molecule has 0 spiro atoms. The third kappa shape index (κ3) is 4.80. The van der Waals surface area contributed by atoms with E-state index in [-0.39, 0.29) is 12.6 Å². The summed E-state index contributed by atoms with van der Waals surface area (Å²) in [5, 5.41) is 21.3. The molecule has 5 rings (SSSR count). The molecule has 0 aliphatic heterocycles. The molecule has 0 saturated heterocycles. The molecule has 176 valence electrons. The molecule has 9 heteroatoms. The molecule has 1 aliphatic carbocycles. The maximum absolute atomic E-state index is 11.7. The first-order valence-electron chi connectivity index (χ1n) is 11.4. The van der Waals surface area contributed by atoms with E-state index in [1.807, 2.05) is 24.4 Å². The second-order valence-corrected chi connectivity index (χ2v) is 9.16. The molecular weight excluding hydrogens is 452 g/mol. The van der Waals surface area contributed by atoms with Gasteiger partial charge in [0.1, 0.15) is 12.4 Å². The van der Waals surface area contributed by atoms with Crippen LogP contribution in [-0.2, 0) is 4.74 Å². The molecule has 0 amide bonds. The Morgan fingerprint density at radius 2 is 2.00 bits per heavy atom. The van der Waals surface area contributed by atoms with E-state index in [4.69, 9.17) is 9.47 Å². The van der Waals surface area contributed by atoms with Crippen LogP contribution in [0.4, 0.5) is 0 Å². The highest BCUT2D eigenvalue weighted by Gasteiger charge is 2.31. The fourth-order valence-corrected chi connectivity index (χ4v) is 4.70. The largest absolute Gasteiger partial charge is 0.491 e. The zero-order valence-corrected chi connectivity index (χ0v) is 19.6. The lowest BCUT2D eigenvalue weighted by Gasteiger charge is -2.13. The SMILES string of the molecule is CCOC(=O)c1ccc(OC[C@H](O)CSc2nnc(-c3c[nH]c4ccccc34)n2C2CC2)cc1. The van der Waals surface area contributed by atoms with Gasteiger partial charge in [-0.25, -0.2) is 4.79 Å². The Kier molecular flexibility index (Phi) is 6.55. The number of nitrogens with one attached hydrogen (secondary N) is 1. The van der Waals surface area contributed by atoms with E-state index in [2.05, 4.69) is 25.8 Å². The van der Waals surface area contributed by atoms with E-state index in [1.165, 1.54) is 11.8 Å². The van der Waals surface area contributed by atoms with E-state index in [9.17, 15) is 9.90 Å². The monoisotopic (exact) mass is 478 g/mol. The summed E-state index contributed by atoms with van der Waals surface area (Å²) < 4.78 is 12.9. The Bertz CT molecular complexity index is 1280. The summed E-state index contributed by atoms with van der Waals surface area (Å²) in [6.07, 6.45) is 3.51. The van der Waals surface area contributed by atoms with Gasteiger partial charge in [-0.05, 0) is 50.1 Å². The number of thioether (sulfide) groups is 1. The van der Waals surface area contributed by atoms with Crippen LogP contribution < -0.4 is 4.74 Å². The quantitative estimate of drug-likeness (QED) is 0.256. The average Bonchev–Trinajstić information content (AvgIpc) is 3.47. The summed E-state index contributed by atoms with van der Waals surface area (Å²) in [7, 11) is 0. The minimum Gasteiger partial charge on any atom is -0.491 e. The highest BCUT2D eigenvalue weighted by Crippen LogP contribution is 2.42. The van der Waals surface area contributed by atoms with Crippen molar-refractivity contribution < 1.29 is 19.4 Å². The van der Waals surface area contributed by atoms with Crippen molar-refractivity contribution in [1.29, 1.82) is 0 Å². The third-order valence-corrected chi connectivity index (χ3v) is 6.71. The van der Waals surface area contributed by atoms with E-state index < -0.39 is 6.10 Å². The number of aromatic amines is 1. The molecule has 4 aromatic rings. The van der Waals surface area contributed by atoms with Crippen molar-refractivity contribution in [3.63, 3.8) is 0 Å². The minimum atomic E-state index is -0.685. The molecule has 1 atom stereocenters. The van der Waals surface area contributed by atoms with Gasteiger partial charge >= 0.3 is 5.97 Å². The molecule has 8 nitrogen and oxygen atoms in total. The summed E-state index contributed by atoms with van der Waals surface area (Å²) in [5.41, 5.74) is 2.58. The van der Waals surface area contributed by atoms with E-state index in [1.54, 1.807) is 31.2 Å². The number of fused-ring (bicyclic) bond motifs is 1. The van der Waals surface area contributed by atoms with Gasteiger partial charge in [-0.15, -0.1) is 10.2 Å². The molecule has 0 bridgehead atoms. The van der Waals surface area contributed by atoms with Gasteiger partial charge in [-0.3, -0.25) is 4.57 Å². The van der Waals surface area contributed by atoms with Crippen LogP contribution in [0, 0.1) is 0 Å². The number of benzene rings is 2. The summed E-state index contributed by atoms with van der Waals surface area (Å²) in [6, 6.07) is 15.3. The number of esters is 1. The molecule has 2 aromatic heterocycles. The summed E-state index contributed by atoms with van der Waals surface area (Å²) in [6.45, 7) is 2.24. The maximum Gasteiger partial charge on any atom is 0.338 e. The normalized spacial score (nSPS) is 14.3. The summed E-state index contributed by atoms with van der Waals surface area (Å²) >= 11 is 1.48. The van der Waals surface area contributed by atoms with E-state index in [0.717, 1.165) is 40.3 Å². The third-order valence-electron chi connectivity index (χ3n) is 5.62. The lowest BCUT2D eigenvalue weighted by Crippen LogP contribution is -2.20. The molecule has 0 radical (unpaired) electrons. The fraction of sp³-hybridized carbons (Fsp3) is 0.320. The van der Waals surface area contributed by atoms with Crippen molar-refractivity contribution in [3.05, 3.63) is 60.3 Å². The number of para-hydroxylation sites is 1. The van der Waals surface area contributed by atoms with Crippen LogP contribution in [0.5, 0.6) is 5.75 Å². The topological polar surface area (TPSA) is 102 Å². The number of ether oxygens (including phenoxy) is 2. The Hall–Kier alpha value is -3.30. The second-order valence-electron chi connectivity index (χ2n) is 8.18. The Morgan fingerprint density at radius 1 is 1.21 bits per heavy atom. The Labute approximate surface area is 201 Å². The highest BCUT2D eigenvalue weighted by molar-refractivity contribution is 7.99. The average molecular weight is 479 g/mol. The lowest BCUT2D eigenvalue weighted by atomic mass is 10.1. The second kappa shape index (κ2) is 9.90. The molecular formula is C25H26N4O4S. The zero-order chi connectivity index (χ0) is 23.5. The van der Waals surface area contributed by atoms with Gasteiger partial charge in [0.15, 0.2) is 11.0 Å². The van der Waals surface area contributed by atoms with Crippen molar-refractivity contribution in [1.82, 2.24) is 19.7 Å². The predicted molar refractivity (Wildman–Crippen MR) is 130 cm³/mol. The first-order valence-corrected chi connectivity index (χ1v) is 12.3. The van der Waals surface area contributed by atoms with Crippen molar-refractivity contribution in [3.8, 4) is 17.1 Å². The van der Waals surface area contributed by atoms with Crippen LogP contribution in [0.25, 0.3) is 22.3 Å². The zero-order valence-electron chi connectivity index (χ0n) is 18.8. The molecule has 1 saturated carbocycles. The van der Waals surface area contributed by atoms with Crippen LogP contribution >= 0.6 is 11.8 Å². The van der Waals surface area contributed by atoms with Crippen LogP contribution in [0.1, 0.15) is 36.2 Å². The van der Waals surface area contributed by atoms with E-state index >= 15 is 0 Å². The van der Waals surface area contributed by atoms with Crippen LogP contribution in [0.2, 0.25) is 0 Å². The van der Waals surface area contributed by atoms with Gasteiger partial charge in [-0.1, -0.05) is 30.0 Å². The highest BCUT2D eigenvalue weighted by atomic mass is 32.2. The van der Waals surface area contributed by atoms with Gasteiger partial charge in [0.2, 0.25) is 0 Å². The molecule has 34 heavy (non-hydrogen) atoms. The minimum absolute atomic E-state index is 0.138. The maximum atomic E-state index is 11.7. The van der Waals surface area contributed by atoms with Crippen LogP contribution in [-0.4, -0.2) is 55.9 Å². The first kappa shape index (κ1) is 22.5. The number of aliphatic hydroxyl groups excluding tert-OH is 1. The van der Waals surface area contributed by atoms with Crippen molar-refractivity contribution in [2.24, 2.45) is 0 Å². The number of carbonyl (C=O) groups is 1. The number of nitrogens with zero attached hydrogens (tertiary/aromatic N) is 3. The first-order chi connectivity index (χ1) is 16.6. The number of rotatable bonds is 10. The number of hydrogen-bond donors (Lipinski definition) is 2. The lowest BCUT2D eigenvalue weighted by molar-refractivity contribution is 0.0526. The standard InChI is InChI=1S/C25H26N4O4S/c1-2-32-24(31)16-7-11-19(12-8-16)33-14-18(30)15-34-25-28-27-23(29(25)17-9-10-17)21-13-26-22-6-4-3-5-20(21)22/h3-8,11-13,17-18,26,30H,2,9-10,14-15H2,1H3/t18-/m0/s1. The van der Waals surface area contributed by atoms with Crippen molar-refractivity contribution in [2.45, 2.75) is 37.1 Å². The van der Waals surface area contributed by atoms with E-state index in [0.29, 0.717) is 29.7 Å². The molecule has 2 aromatic carbocycles. The van der Waals surface area contributed by atoms with Gasteiger partial charge in [0.05, 0.1) is 18.3 Å². The smallest absolute Gasteiger partial charge is 0.338 e. The number of aromatic nitrogens is 4. The van der Waals surface area contributed by atoms with Gasteiger partial charge < -0.3 is 19.6 Å². The Morgan fingerprint density at radius 3 is 2.76 bits per heavy atom. The van der Waals surface area contributed by atoms with Gasteiger partial charge in [0.25, 0.3) is 0 Å². The number of hydrogen-bond acceptors (Lipinski definition) is 7. The summed E-state index contributed by atoms with van der Waals surface area (Å²) in [4.78, 5) is 15.1. The molecule has 2 heterocycles. The number of aliphatic hydroxyl groups is 1. The van der Waals surface area contributed by atoms with Crippen molar-refractivity contribution in [2.75, 3.05) is 19.0 Å². The number of H-pyrrole nitrogens is 1. The molecule has 1 fully saturated rings. The predicted octanol–water partition coefficient (Wildman–Crippen LogP) is 4.47.